The molecule has 1 amide bonds. The first-order valence-corrected chi connectivity index (χ1v) is 7.94. The van der Waals surface area contributed by atoms with Gasteiger partial charge in [-0.15, -0.1) is 12.4 Å². The Labute approximate surface area is 132 Å². The third-order valence-electron chi connectivity index (χ3n) is 5.22. The number of hydrogen-bond acceptors (Lipinski definition) is 2. The first-order valence-electron chi connectivity index (χ1n) is 7.94. The van der Waals surface area contributed by atoms with Crippen LogP contribution in [0.15, 0.2) is 24.3 Å². The van der Waals surface area contributed by atoms with E-state index in [1.54, 1.807) is 0 Å². The van der Waals surface area contributed by atoms with Crippen molar-refractivity contribution in [2.45, 2.75) is 50.6 Å². The Balaban J connectivity index is 0.00000132. The highest BCUT2D eigenvalue weighted by molar-refractivity contribution is 5.95. The van der Waals surface area contributed by atoms with Gasteiger partial charge in [-0.05, 0) is 49.7 Å². The molecule has 0 saturated carbocycles. The number of anilines is 1. The molecule has 2 unspecified atom stereocenters. The van der Waals surface area contributed by atoms with Gasteiger partial charge in [-0.2, -0.15) is 0 Å². The molecule has 1 aromatic carbocycles. The second-order valence-electron chi connectivity index (χ2n) is 6.60. The van der Waals surface area contributed by atoms with Gasteiger partial charge in [0.05, 0.1) is 0 Å². The lowest BCUT2D eigenvalue weighted by Gasteiger charge is -2.30. The monoisotopic (exact) mass is 306 g/mol. The van der Waals surface area contributed by atoms with Gasteiger partial charge in [-0.1, -0.05) is 18.2 Å². The van der Waals surface area contributed by atoms with E-state index < -0.39 is 0 Å². The summed E-state index contributed by atoms with van der Waals surface area (Å²) >= 11 is 0. The Morgan fingerprint density at radius 1 is 1.19 bits per heavy atom. The van der Waals surface area contributed by atoms with E-state index in [1.807, 2.05) is 11.0 Å². The van der Waals surface area contributed by atoms with Crippen LogP contribution in [-0.2, 0) is 11.2 Å². The van der Waals surface area contributed by atoms with Crippen LogP contribution in [0.1, 0.15) is 37.7 Å². The molecular weight excluding hydrogens is 284 g/mol. The van der Waals surface area contributed by atoms with E-state index in [2.05, 4.69) is 23.5 Å². The number of carbonyl (C=O) groups is 1. The summed E-state index contributed by atoms with van der Waals surface area (Å²) in [4.78, 5) is 14.6. The number of halogens is 1. The van der Waals surface area contributed by atoms with Crippen molar-refractivity contribution in [1.82, 2.24) is 5.32 Å². The highest BCUT2D eigenvalue weighted by Crippen LogP contribution is 2.34. The Morgan fingerprint density at radius 3 is 2.67 bits per heavy atom. The van der Waals surface area contributed by atoms with Crippen LogP contribution >= 0.6 is 12.4 Å². The van der Waals surface area contributed by atoms with Crippen molar-refractivity contribution in [3.8, 4) is 0 Å². The van der Waals surface area contributed by atoms with Crippen LogP contribution in [0, 0.1) is 5.92 Å². The lowest BCUT2D eigenvalue weighted by molar-refractivity contribution is -0.119. The normalized spacial score (nSPS) is 29.9. The smallest absolute Gasteiger partial charge is 0.227 e. The molecule has 3 heterocycles. The van der Waals surface area contributed by atoms with Gasteiger partial charge < -0.3 is 10.2 Å². The molecule has 2 saturated heterocycles. The summed E-state index contributed by atoms with van der Waals surface area (Å²) < 4.78 is 0. The van der Waals surface area contributed by atoms with Crippen LogP contribution in [0.3, 0.4) is 0 Å². The summed E-state index contributed by atoms with van der Waals surface area (Å²) in [6.45, 7) is 0.871. The van der Waals surface area contributed by atoms with Gasteiger partial charge >= 0.3 is 0 Å². The summed E-state index contributed by atoms with van der Waals surface area (Å²) in [6, 6.07) is 9.70. The number of nitrogens with one attached hydrogen (secondary N) is 1. The van der Waals surface area contributed by atoms with Crippen LogP contribution < -0.4 is 10.2 Å². The average Bonchev–Trinajstić information content (AvgIpc) is 3.02. The molecule has 21 heavy (non-hydrogen) atoms. The number of para-hydroxylation sites is 1. The standard InChI is InChI=1S/C17H22N2O.ClH/c20-17(11-12-9-14-5-6-15(10-12)18-14)19-8-7-13-3-1-2-4-16(13)19;/h1-4,12,14-15,18H,5-11H2;1H. The Bertz CT molecular complexity index is 521. The first-order chi connectivity index (χ1) is 9.79. The van der Waals surface area contributed by atoms with E-state index in [1.165, 1.54) is 31.2 Å². The van der Waals surface area contributed by atoms with E-state index >= 15 is 0 Å². The molecule has 4 heteroatoms. The minimum Gasteiger partial charge on any atom is -0.312 e. The Hall–Kier alpha value is -1.06. The number of hydrogen-bond donors (Lipinski definition) is 1. The van der Waals surface area contributed by atoms with E-state index in [0.717, 1.165) is 25.1 Å². The zero-order valence-electron chi connectivity index (χ0n) is 12.3. The van der Waals surface area contributed by atoms with Crippen LogP contribution in [0.4, 0.5) is 5.69 Å². The largest absolute Gasteiger partial charge is 0.312 e. The van der Waals surface area contributed by atoms with Gasteiger partial charge in [0.2, 0.25) is 5.91 Å². The fraction of sp³-hybridized carbons (Fsp3) is 0.588. The number of fused-ring (bicyclic) bond motifs is 3. The summed E-state index contributed by atoms with van der Waals surface area (Å²) in [7, 11) is 0. The lowest BCUT2D eigenvalue weighted by atomic mass is 9.89. The highest BCUT2D eigenvalue weighted by Gasteiger charge is 2.35. The fourth-order valence-electron chi connectivity index (χ4n) is 4.30. The minimum atomic E-state index is 0. The molecule has 2 fully saturated rings. The van der Waals surface area contributed by atoms with Gasteiger partial charge in [0, 0.05) is 30.7 Å². The molecule has 2 bridgehead atoms. The molecule has 3 aliphatic rings. The molecule has 3 aliphatic heterocycles. The molecule has 4 rings (SSSR count). The van der Waals surface area contributed by atoms with Crippen molar-refractivity contribution in [2.75, 3.05) is 11.4 Å². The van der Waals surface area contributed by atoms with Gasteiger partial charge in [0.25, 0.3) is 0 Å². The molecule has 0 aliphatic carbocycles. The molecule has 1 aromatic rings. The molecule has 0 spiro atoms. The number of carbonyl (C=O) groups excluding carboxylic acids is 1. The third kappa shape index (κ3) is 2.82. The molecule has 2 atom stereocenters. The predicted molar refractivity (Wildman–Crippen MR) is 87.0 cm³/mol. The van der Waals surface area contributed by atoms with E-state index in [-0.39, 0.29) is 12.4 Å². The van der Waals surface area contributed by atoms with Crippen molar-refractivity contribution in [1.29, 1.82) is 0 Å². The molecule has 0 aromatic heterocycles. The predicted octanol–water partition coefficient (Wildman–Crippen LogP) is 2.92. The minimum absolute atomic E-state index is 0. The summed E-state index contributed by atoms with van der Waals surface area (Å²) in [5.74, 6) is 0.926. The number of nitrogens with zero attached hydrogens (tertiary/aromatic N) is 1. The number of amides is 1. The average molecular weight is 307 g/mol. The summed E-state index contributed by atoms with van der Waals surface area (Å²) in [6.07, 6.45) is 6.75. The lowest BCUT2D eigenvalue weighted by Crippen LogP contribution is -2.40. The zero-order valence-corrected chi connectivity index (χ0v) is 13.1. The van der Waals surface area contributed by atoms with Gasteiger partial charge in [0.15, 0.2) is 0 Å². The van der Waals surface area contributed by atoms with Crippen molar-refractivity contribution >= 4 is 24.0 Å². The molecule has 3 nitrogen and oxygen atoms in total. The van der Waals surface area contributed by atoms with Crippen molar-refractivity contribution in [2.24, 2.45) is 5.92 Å². The molecular formula is C17H23ClN2O. The number of rotatable bonds is 2. The Kier molecular flexibility index (Phi) is 4.23. The quantitative estimate of drug-likeness (QED) is 0.911. The fourth-order valence-corrected chi connectivity index (χ4v) is 4.30. The second-order valence-corrected chi connectivity index (χ2v) is 6.60. The van der Waals surface area contributed by atoms with Crippen LogP contribution in [0.2, 0.25) is 0 Å². The van der Waals surface area contributed by atoms with Crippen LogP contribution in [-0.4, -0.2) is 24.5 Å². The second kappa shape index (κ2) is 5.98. The molecule has 1 N–H and O–H groups in total. The molecule has 0 radical (unpaired) electrons. The van der Waals surface area contributed by atoms with Crippen LogP contribution in [0.25, 0.3) is 0 Å². The van der Waals surface area contributed by atoms with E-state index in [0.29, 0.717) is 23.9 Å². The van der Waals surface area contributed by atoms with E-state index in [9.17, 15) is 4.79 Å². The summed E-state index contributed by atoms with van der Waals surface area (Å²) in [5, 5.41) is 3.65. The van der Waals surface area contributed by atoms with Gasteiger partial charge in [0.1, 0.15) is 0 Å². The maximum atomic E-state index is 12.6. The summed E-state index contributed by atoms with van der Waals surface area (Å²) in [5.41, 5.74) is 2.47. The highest BCUT2D eigenvalue weighted by atomic mass is 35.5. The maximum absolute atomic E-state index is 12.6. The topological polar surface area (TPSA) is 32.3 Å². The SMILES string of the molecule is Cl.O=C(CC1CC2CCC(C1)N2)N1CCc2ccccc21. The van der Waals surface area contributed by atoms with Gasteiger partial charge in [-0.3, -0.25) is 4.79 Å². The van der Waals surface area contributed by atoms with Crippen LogP contribution in [0.5, 0.6) is 0 Å². The third-order valence-corrected chi connectivity index (χ3v) is 5.22. The van der Waals surface area contributed by atoms with Crippen molar-refractivity contribution < 1.29 is 4.79 Å². The van der Waals surface area contributed by atoms with Crippen molar-refractivity contribution in [3.05, 3.63) is 29.8 Å². The first kappa shape index (κ1) is 14.9. The van der Waals surface area contributed by atoms with E-state index in [4.69, 9.17) is 0 Å². The van der Waals surface area contributed by atoms with Crippen molar-refractivity contribution in [3.63, 3.8) is 0 Å². The maximum Gasteiger partial charge on any atom is 0.227 e. The number of piperidine rings is 1. The molecule has 114 valence electrons. The Morgan fingerprint density at radius 2 is 1.90 bits per heavy atom. The number of benzene rings is 1. The zero-order chi connectivity index (χ0) is 13.5. The van der Waals surface area contributed by atoms with Gasteiger partial charge in [-0.25, -0.2) is 0 Å².